The summed E-state index contributed by atoms with van der Waals surface area (Å²) in [6.45, 7) is 3.02. The average molecular weight is 252 g/mol. The van der Waals surface area contributed by atoms with Crippen LogP contribution in [0.15, 0.2) is 18.2 Å². The van der Waals surface area contributed by atoms with Gasteiger partial charge in [-0.2, -0.15) is 0 Å². The maximum Gasteiger partial charge on any atom is 0.146 e. The Morgan fingerprint density at radius 2 is 2.24 bits per heavy atom. The highest BCUT2D eigenvalue weighted by molar-refractivity contribution is 7.80. The van der Waals surface area contributed by atoms with Crippen LogP contribution in [0.1, 0.15) is 31.7 Å². The van der Waals surface area contributed by atoms with Crippen molar-refractivity contribution in [3.8, 4) is 0 Å². The summed E-state index contributed by atoms with van der Waals surface area (Å²) < 4.78 is 13.7. The summed E-state index contributed by atoms with van der Waals surface area (Å²) in [5.41, 5.74) is 6.95. The number of nitrogens with one attached hydrogen (secondary N) is 1. The van der Waals surface area contributed by atoms with Crippen molar-refractivity contribution >= 4 is 22.9 Å². The fourth-order valence-corrected chi connectivity index (χ4v) is 2.05. The van der Waals surface area contributed by atoms with E-state index in [-0.39, 0.29) is 10.8 Å². The normalized spacial score (nSPS) is 16.6. The van der Waals surface area contributed by atoms with Crippen molar-refractivity contribution in [1.82, 2.24) is 0 Å². The molecule has 1 aliphatic rings. The second kappa shape index (κ2) is 4.61. The summed E-state index contributed by atoms with van der Waals surface area (Å²) in [5, 5.41) is 3.17. The van der Waals surface area contributed by atoms with E-state index in [1.807, 2.05) is 0 Å². The van der Waals surface area contributed by atoms with E-state index in [1.165, 1.54) is 18.9 Å². The molecule has 17 heavy (non-hydrogen) atoms. The van der Waals surface area contributed by atoms with Crippen molar-refractivity contribution < 1.29 is 4.39 Å². The van der Waals surface area contributed by atoms with E-state index >= 15 is 0 Å². The molecule has 0 bridgehead atoms. The Morgan fingerprint density at radius 1 is 1.53 bits per heavy atom. The summed E-state index contributed by atoms with van der Waals surface area (Å²) in [4.78, 5) is 0.225. The zero-order chi connectivity index (χ0) is 12.5. The van der Waals surface area contributed by atoms with Crippen molar-refractivity contribution in [1.29, 1.82) is 0 Å². The van der Waals surface area contributed by atoms with Crippen LogP contribution in [-0.4, -0.2) is 11.5 Å². The molecule has 1 saturated carbocycles. The van der Waals surface area contributed by atoms with Gasteiger partial charge < -0.3 is 11.1 Å². The lowest BCUT2D eigenvalue weighted by Crippen LogP contribution is -2.16. The van der Waals surface area contributed by atoms with Crippen molar-refractivity contribution in [3.63, 3.8) is 0 Å². The van der Waals surface area contributed by atoms with Crippen molar-refractivity contribution in [2.45, 2.75) is 26.2 Å². The number of nitrogens with two attached hydrogens (primary N) is 1. The number of thiocarbonyl (C=S) groups is 1. The fraction of sp³-hybridized carbons (Fsp3) is 0.462. The van der Waals surface area contributed by atoms with E-state index < -0.39 is 0 Å². The monoisotopic (exact) mass is 252 g/mol. The van der Waals surface area contributed by atoms with Crippen molar-refractivity contribution in [2.75, 3.05) is 11.9 Å². The lowest BCUT2D eigenvalue weighted by molar-refractivity contribution is 0.519. The van der Waals surface area contributed by atoms with Crippen LogP contribution < -0.4 is 11.1 Å². The Kier molecular flexibility index (Phi) is 3.33. The molecule has 1 aliphatic carbocycles. The van der Waals surface area contributed by atoms with Gasteiger partial charge in [0.05, 0.1) is 5.69 Å². The van der Waals surface area contributed by atoms with Gasteiger partial charge in [-0.05, 0) is 42.9 Å². The predicted molar refractivity (Wildman–Crippen MR) is 72.7 cm³/mol. The molecule has 1 fully saturated rings. The first kappa shape index (κ1) is 12.3. The molecule has 0 atom stereocenters. The number of hydrogen-bond donors (Lipinski definition) is 2. The third-order valence-corrected chi connectivity index (χ3v) is 3.85. The molecular formula is C13H17FN2S. The maximum absolute atomic E-state index is 13.7. The highest BCUT2D eigenvalue weighted by atomic mass is 32.1. The standard InChI is InChI=1S/C13H17FN2S/c1-2-13(5-6-13)8-16-11-4-3-9(12(15)17)7-10(11)14/h3-4,7,16H,2,5-6,8H2,1H3,(H2,15,17). The third-order valence-electron chi connectivity index (χ3n) is 3.61. The van der Waals surface area contributed by atoms with E-state index in [1.54, 1.807) is 12.1 Å². The number of hydrogen-bond acceptors (Lipinski definition) is 2. The molecule has 92 valence electrons. The average Bonchev–Trinajstić information content (AvgIpc) is 3.08. The quantitative estimate of drug-likeness (QED) is 0.791. The van der Waals surface area contributed by atoms with Gasteiger partial charge in [-0.3, -0.25) is 0 Å². The van der Waals surface area contributed by atoms with Crippen LogP contribution in [0.25, 0.3) is 0 Å². The fourth-order valence-electron chi connectivity index (χ4n) is 1.93. The molecule has 0 amide bonds. The molecular weight excluding hydrogens is 235 g/mol. The van der Waals surface area contributed by atoms with Gasteiger partial charge in [0.2, 0.25) is 0 Å². The van der Waals surface area contributed by atoms with E-state index in [4.69, 9.17) is 18.0 Å². The number of benzene rings is 1. The maximum atomic E-state index is 13.7. The van der Waals surface area contributed by atoms with Gasteiger partial charge in [0.15, 0.2) is 0 Å². The summed E-state index contributed by atoms with van der Waals surface area (Å²) in [6.07, 6.45) is 3.62. The molecule has 4 heteroatoms. The zero-order valence-electron chi connectivity index (χ0n) is 9.92. The number of anilines is 1. The van der Waals surface area contributed by atoms with Crippen LogP contribution in [0, 0.1) is 11.2 Å². The lowest BCUT2D eigenvalue weighted by atomic mass is 10.0. The Balaban J connectivity index is 2.04. The van der Waals surface area contributed by atoms with Gasteiger partial charge in [0.25, 0.3) is 0 Å². The Morgan fingerprint density at radius 3 is 2.71 bits per heavy atom. The topological polar surface area (TPSA) is 38.0 Å². The molecule has 0 aliphatic heterocycles. The van der Waals surface area contributed by atoms with Crippen molar-refractivity contribution in [2.24, 2.45) is 11.1 Å². The summed E-state index contributed by atoms with van der Waals surface area (Å²) >= 11 is 4.81. The van der Waals surface area contributed by atoms with Gasteiger partial charge in [-0.15, -0.1) is 0 Å². The van der Waals surface area contributed by atoms with Gasteiger partial charge in [0, 0.05) is 12.1 Å². The zero-order valence-corrected chi connectivity index (χ0v) is 10.7. The minimum Gasteiger partial charge on any atom is -0.389 e. The van der Waals surface area contributed by atoms with E-state index in [9.17, 15) is 4.39 Å². The summed E-state index contributed by atoms with van der Waals surface area (Å²) in [5.74, 6) is -0.290. The molecule has 0 spiro atoms. The molecule has 2 rings (SSSR count). The highest BCUT2D eigenvalue weighted by Gasteiger charge is 2.40. The SMILES string of the molecule is CCC1(CNc2ccc(C(N)=S)cc2F)CC1. The third kappa shape index (κ3) is 2.75. The van der Waals surface area contributed by atoms with Crippen LogP contribution >= 0.6 is 12.2 Å². The van der Waals surface area contributed by atoms with E-state index in [2.05, 4.69) is 12.2 Å². The molecule has 0 saturated heterocycles. The predicted octanol–water partition coefficient (Wildman–Crippen LogP) is 3.06. The molecule has 0 heterocycles. The number of rotatable bonds is 5. The van der Waals surface area contributed by atoms with E-state index in [0.717, 1.165) is 13.0 Å². The minimum atomic E-state index is -0.290. The smallest absolute Gasteiger partial charge is 0.146 e. The first-order chi connectivity index (χ1) is 8.06. The van der Waals surface area contributed by atoms with E-state index in [0.29, 0.717) is 16.7 Å². The first-order valence-electron chi connectivity index (χ1n) is 5.89. The Hall–Kier alpha value is -1.16. The van der Waals surface area contributed by atoms with Crippen LogP contribution in [0.5, 0.6) is 0 Å². The summed E-state index contributed by atoms with van der Waals surface area (Å²) in [6, 6.07) is 4.84. The largest absolute Gasteiger partial charge is 0.389 e. The Bertz CT molecular complexity index is 441. The molecule has 2 nitrogen and oxygen atoms in total. The van der Waals surface area contributed by atoms with Gasteiger partial charge in [0.1, 0.15) is 10.8 Å². The molecule has 0 aromatic heterocycles. The second-order valence-electron chi connectivity index (χ2n) is 4.77. The molecule has 0 unspecified atom stereocenters. The van der Waals surface area contributed by atoms with Gasteiger partial charge in [-0.1, -0.05) is 19.1 Å². The van der Waals surface area contributed by atoms with Crippen LogP contribution in [0.4, 0.5) is 10.1 Å². The van der Waals surface area contributed by atoms with Crippen LogP contribution in [-0.2, 0) is 0 Å². The van der Waals surface area contributed by atoms with Gasteiger partial charge in [-0.25, -0.2) is 4.39 Å². The Labute approximate surface area is 106 Å². The van der Waals surface area contributed by atoms with Crippen LogP contribution in [0.3, 0.4) is 0 Å². The molecule has 3 N–H and O–H groups in total. The van der Waals surface area contributed by atoms with Crippen molar-refractivity contribution in [3.05, 3.63) is 29.6 Å². The minimum absolute atomic E-state index is 0.225. The number of halogens is 1. The first-order valence-corrected chi connectivity index (χ1v) is 6.30. The molecule has 1 aromatic carbocycles. The second-order valence-corrected chi connectivity index (χ2v) is 5.21. The summed E-state index contributed by atoms with van der Waals surface area (Å²) in [7, 11) is 0. The molecule has 1 aromatic rings. The highest BCUT2D eigenvalue weighted by Crippen LogP contribution is 2.48. The van der Waals surface area contributed by atoms with Crippen LogP contribution in [0.2, 0.25) is 0 Å². The lowest BCUT2D eigenvalue weighted by Gasteiger charge is -2.15. The molecule has 0 radical (unpaired) electrons. The van der Waals surface area contributed by atoms with Gasteiger partial charge >= 0.3 is 0 Å².